The van der Waals surface area contributed by atoms with Crippen molar-refractivity contribution in [3.8, 4) is 5.75 Å². The normalized spacial score (nSPS) is 11.3. The first-order chi connectivity index (χ1) is 10.0. The summed E-state index contributed by atoms with van der Waals surface area (Å²) in [6, 6.07) is 4.57. The van der Waals surface area contributed by atoms with Gasteiger partial charge in [0.15, 0.2) is 0 Å². The van der Waals surface area contributed by atoms with E-state index >= 15 is 0 Å². The van der Waals surface area contributed by atoms with E-state index in [1.54, 1.807) is 6.07 Å². The Kier molecular flexibility index (Phi) is 10.2. The van der Waals surface area contributed by atoms with Gasteiger partial charge in [-0.25, -0.2) is 0 Å². The minimum Gasteiger partial charge on any atom is -0.494 e. The van der Waals surface area contributed by atoms with Crippen molar-refractivity contribution in [2.75, 3.05) is 13.3 Å². The van der Waals surface area contributed by atoms with Gasteiger partial charge in [0.05, 0.1) is 13.3 Å². The zero-order chi connectivity index (χ0) is 16.3. The summed E-state index contributed by atoms with van der Waals surface area (Å²) < 4.78 is 17.4. The summed E-state index contributed by atoms with van der Waals surface area (Å²) >= 11 is 0. The average molecular weight is 299 g/mol. The van der Waals surface area contributed by atoms with Crippen LogP contribution in [-0.2, 0) is 11.2 Å². The van der Waals surface area contributed by atoms with E-state index in [1.165, 1.54) is 0 Å². The highest BCUT2D eigenvalue weighted by Gasteiger charge is 2.14. The van der Waals surface area contributed by atoms with E-state index in [4.69, 9.17) is 15.6 Å². The SMILES string of the molecule is CC.Cc1ccc(OCCCCF)cc1CC(N)C(=O)O. The minimum atomic E-state index is -1.02. The molecule has 3 N–H and O–H groups in total. The molecule has 0 aliphatic carbocycles. The molecule has 0 fully saturated rings. The van der Waals surface area contributed by atoms with E-state index in [9.17, 15) is 9.18 Å². The second-order valence-corrected chi connectivity index (χ2v) is 4.48. The van der Waals surface area contributed by atoms with E-state index in [2.05, 4.69) is 0 Å². The van der Waals surface area contributed by atoms with Gasteiger partial charge in [-0.05, 0) is 49.4 Å². The Morgan fingerprint density at radius 1 is 1.38 bits per heavy atom. The molecule has 1 unspecified atom stereocenters. The number of aryl methyl sites for hydroxylation is 1. The third-order valence-electron chi connectivity index (χ3n) is 2.87. The second-order valence-electron chi connectivity index (χ2n) is 4.48. The Morgan fingerprint density at radius 2 is 2.05 bits per heavy atom. The van der Waals surface area contributed by atoms with Gasteiger partial charge in [-0.15, -0.1) is 0 Å². The van der Waals surface area contributed by atoms with E-state index in [0.29, 0.717) is 25.2 Å². The summed E-state index contributed by atoms with van der Waals surface area (Å²) in [6.07, 6.45) is 1.42. The smallest absolute Gasteiger partial charge is 0.320 e. The fourth-order valence-electron chi connectivity index (χ4n) is 1.67. The van der Waals surface area contributed by atoms with Crippen LogP contribution in [0.4, 0.5) is 4.39 Å². The van der Waals surface area contributed by atoms with Crippen LogP contribution in [0.1, 0.15) is 37.8 Å². The summed E-state index contributed by atoms with van der Waals surface area (Å²) in [6.45, 7) is 6.02. The molecule has 0 aromatic heterocycles. The number of hydrogen-bond donors (Lipinski definition) is 2. The maximum absolute atomic E-state index is 11.9. The summed E-state index contributed by atoms with van der Waals surface area (Å²) in [7, 11) is 0. The van der Waals surface area contributed by atoms with Gasteiger partial charge < -0.3 is 15.6 Å². The Morgan fingerprint density at radius 3 is 2.62 bits per heavy atom. The van der Waals surface area contributed by atoms with Crippen molar-refractivity contribution in [2.24, 2.45) is 5.73 Å². The monoisotopic (exact) mass is 299 g/mol. The van der Waals surface area contributed by atoms with Crippen molar-refractivity contribution in [2.45, 2.75) is 46.1 Å². The molecule has 1 aromatic carbocycles. The van der Waals surface area contributed by atoms with Crippen LogP contribution in [-0.4, -0.2) is 30.4 Å². The molecule has 0 saturated carbocycles. The van der Waals surface area contributed by atoms with Gasteiger partial charge in [0.25, 0.3) is 0 Å². The van der Waals surface area contributed by atoms with Gasteiger partial charge in [-0.2, -0.15) is 0 Å². The fraction of sp³-hybridized carbons (Fsp3) is 0.562. The lowest BCUT2D eigenvalue weighted by atomic mass is 10.0. The van der Waals surface area contributed by atoms with E-state index in [-0.39, 0.29) is 13.1 Å². The first kappa shape index (κ1) is 19.4. The molecule has 1 rings (SSSR count). The van der Waals surface area contributed by atoms with Gasteiger partial charge in [-0.1, -0.05) is 19.9 Å². The van der Waals surface area contributed by atoms with Crippen molar-refractivity contribution < 1.29 is 19.0 Å². The average Bonchev–Trinajstić information content (AvgIpc) is 2.48. The Hall–Kier alpha value is -1.62. The number of unbranched alkanes of at least 4 members (excludes halogenated alkanes) is 1. The number of nitrogens with two attached hydrogens (primary N) is 1. The summed E-state index contributed by atoms with van der Waals surface area (Å²) in [5, 5.41) is 8.81. The van der Waals surface area contributed by atoms with E-state index in [0.717, 1.165) is 11.1 Å². The van der Waals surface area contributed by atoms with Crippen molar-refractivity contribution in [3.63, 3.8) is 0 Å². The van der Waals surface area contributed by atoms with Crippen LogP contribution >= 0.6 is 0 Å². The van der Waals surface area contributed by atoms with Crippen LogP contribution in [0.15, 0.2) is 18.2 Å². The highest BCUT2D eigenvalue weighted by molar-refractivity contribution is 5.73. The number of aliphatic carboxylic acids is 1. The Balaban J connectivity index is 0.00000191. The predicted octanol–water partition coefficient (Wildman–Crippen LogP) is 3.10. The molecule has 0 radical (unpaired) electrons. The number of halogens is 1. The van der Waals surface area contributed by atoms with Crippen LogP contribution in [0, 0.1) is 6.92 Å². The highest BCUT2D eigenvalue weighted by atomic mass is 19.1. The summed E-state index contributed by atoms with van der Waals surface area (Å²) in [5.74, 6) is -0.356. The first-order valence-electron chi connectivity index (χ1n) is 7.31. The largest absolute Gasteiger partial charge is 0.494 e. The van der Waals surface area contributed by atoms with Crippen molar-refractivity contribution in [3.05, 3.63) is 29.3 Å². The van der Waals surface area contributed by atoms with Gasteiger partial charge in [0, 0.05) is 0 Å². The molecule has 0 spiro atoms. The van der Waals surface area contributed by atoms with Crippen LogP contribution in [0.5, 0.6) is 5.75 Å². The predicted molar refractivity (Wildman–Crippen MR) is 82.5 cm³/mol. The maximum Gasteiger partial charge on any atom is 0.320 e. The fourth-order valence-corrected chi connectivity index (χ4v) is 1.67. The minimum absolute atomic E-state index is 0.267. The maximum atomic E-state index is 11.9. The number of benzene rings is 1. The number of carboxylic acids is 1. The lowest BCUT2D eigenvalue weighted by Crippen LogP contribution is -2.32. The molecule has 120 valence electrons. The third kappa shape index (κ3) is 7.66. The number of hydrogen-bond acceptors (Lipinski definition) is 3. The molecule has 5 heteroatoms. The van der Waals surface area contributed by atoms with Crippen LogP contribution < -0.4 is 10.5 Å². The molecule has 1 aromatic rings. The van der Waals surface area contributed by atoms with E-state index in [1.807, 2.05) is 32.9 Å². The standard InChI is InChI=1S/C14H20FNO3.C2H6/c1-10-4-5-12(19-7-3-2-6-15)8-11(10)9-13(16)14(17)18;1-2/h4-5,8,13H,2-3,6-7,9,16H2,1H3,(H,17,18);1-2H3. The number of carbonyl (C=O) groups is 1. The number of ether oxygens (including phenoxy) is 1. The Labute approximate surface area is 126 Å². The van der Waals surface area contributed by atoms with Crippen molar-refractivity contribution in [1.29, 1.82) is 0 Å². The molecule has 0 amide bonds. The van der Waals surface area contributed by atoms with Crippen molar-refractivity contribution >= 4 is 5.97 Å². The molecule has 21 heavy (non-hydrogen) atoms. The van der Waals surface area contributed by atoms with Gasteiger partial charge in [0.2, 0.25) is 0 Å². The van der Waals surface area contributed by atoms with Gasteiger partial charge in [-0.3, -0.25) is 9.18 Å². The zero-order valence-electron chi connectivity index (χ0n) is 13.1. The third-order valence-corrected chi connectivity index (χ3v) is 2.87. The molecular formula is C16H26FNO3. The topological polar surface area (TPSA) is 72.5 Å². The molecule has 1 atom stereocenters. The quantitative estimate of drug-likeness (QED) is 0.723. The van der Waals surface area contributed by atoms with Crippen molar-refractivity contribution in [1.82, 2.24) is 0 Å². The molecular weight excluding hydrogens is 273 g/mol. The second kappa shape index (κ2) is 11.1. The van der Waals surface area contributed by atoms with Gasteiger partial charge >= 0.3 is 5.97 Å². The lowest BCUT2D eigenvalue weighted by molar-refractivity contribution is -0.138. The molecule has 0 heterocycles. The summed E-state index contributed by atoms with van der Waals surface area (Å²) in [5.41, 5.74) is 7.36. The first-order valence-corrected chi connectivity index (χ1v) is 7.31. The highest BCUT2D eigenvalue weighted by Crippen LogP contribution is 2.19. The number of alkyl halides is 1. The molecule has 4 nitrogen and oxygen atoms in total. The molecule has 0 aliphatic heterocycles. The van der Waals surface area contributed by atoms with E-state index < -0.39 is 12.0 Å². The van der Waals surface area contributed by atoms with Crippen LogP contribution in [0.25, 0.3) is 0 Å². The number of carboxylic acid groups (broad SMARTS) is 1. The molecule has 0 aliphatic rings. The van der Waals surface area contributed by atoms with Crippen LogP contribution in [0.3, 0.4) is 0 Å². The van der Waals surface area contributed by atoms with Crippen LogP contribution in [0.2, 0.25) is 0 Å². The lowest BCUT2D eigenvalue weighted by Gasteiger charge is -2.12. The number of rotatable bonds is 8. The summed E-state index contributed by atoms with van der Waals surface area (Å²) in [4.78, 5) is 10.8. The zero-order valence-corrected chi connectivity index (χ0v) is 13.1. The molecule has 0 saturated heterocycles. The van der Waals surface area contributed by atoms with Gasteiger partial charge in [0.1, 0.15) is 11.8 Å². The molecule has 0 bridgehead atoms. The Bertz CT molecular complexity index is 424.